The molecule has 3 nitrogen and oxygen atoms in total. The smallest absolute Gasteiger partial charge is 0.273 e. The summed E-state index contributed by atoms with van der Waals surface area (Å²) in [5.74, 6) is -2.09. The molecule has 2 unspecified atom stereocenters. The van der Waals surface area contributed by atoms with Crippen molar-refractivity contribution < 1.29 is 25.8 Å². The standard InChI is InChI=1S/C8H13F3O3S/c1-14-15(12,13)5-6-2-3-7(4-6)8(9,10)11/h6-7H,2-5H2,1H3. The number of hydrogen-bond acceptors (Lipinski definition) is 3. The van der Waals surface area contributed by atoms with Gasteiger partial charge in [0.1, 0.15) is 0 Å². The van der Waals surface area contributed by atoms with E-state index in [4.69, 9.17) is 0 Å². The van der Waals surface area contributed by atoms with Crippen molar-refractivity contribution in [2.75, 3.05) is 12.9 Å². The van der Waals surface area contributed by atoms with Crippen LogP contribution in [0.3, 0.4) is 0 Å². The SMILES string of the molecule is COS(=O)(=O)CC1CCC(C(F)(F)F)C1. The maximum absolute atomic E-state index is 12.3. The first kappa shape index (κ1) is 12.8. The highest BCUT2D eigenvalue weighted by Crippen LogP contribution is 2.42. The number of rotatable bonds is 3. The van der Waals surface area contributed by atoms with E-state index >= 15 is 0 Å². The van der Waals surface area contributed by atoms with Crippen molar-refractivity contribution in [2.24, 2.45) is 11.8 Å². The van der Waals surface area contributed by atoms with E-state index < -0.39 is 28.1 Å². The lowest BCUT2D eigenvalue weighted by Gasteiger charge is -2.14. The van der Waals surface area contributed by atoms with E-state index in [1.807, 2.05) is 0 Å². The van der Waals surface area contributed by atoms with Crippen molar-refractivity contribution in [3.8, 4) is 0 Å². The van der Waals surface area contributed by atoms with E-state index in [0.717, 1.165) is 7.11 Å². The molecule has 90 valence electrons. The summed E-state index contributed by atoms with van der Waals surface area (Å²) in [6.07, 6.45) is -3.99. The zero-order valence-electron chi connectivity index (χ0n) is 8.25. The van der Waals surface area contributed by atoms with E-state index in [-0.39, 0.29) is 18.6 Å². The molecule has 0 aromatic rings. The average Bonchev–Trinajstić information content (AvgIpc) is 2.51. The molecule has 0 saturated heterocycles. The van der Waals surface area contributed by atoms with Crippen molar-refractivity contribution in [3.05, 3.63) is 0 Å². The molecule has 2 atom stereocenters. The Labute approximate surface area is 86.7 Å². The highest BCUT2D eigenvalue weighted by molar-refractivity contribution is 7.86. The molecule has 0 spiro atoms. The molecule has 0 heterocycles. The molecule has 1 aliphatic rings. The normalized spacial score (nSPS) is 28.3. The first-order valence-corrected chi connectivity index (χ1v) is 6.17. The van der Waals surface area contributed by atoms with Crippen LogP contribution in [0.1, 0.15) is 19.3 Å². The van der Waals surface area contributed by atoms with Crippen molar-refractivity contribution in [1.29, 1.82) is 0 Å². The lowest BCUT2D eigenvalue weighted by molar-refractivity contribution is -0.173. The fourth-order valence-corrected chi connectivity index (χ4v) is 2.90. The van der Waals surface area contributed by atoms with Crippen LogP contribution in [0, 0.1) is 11.8 Å². The molecule has 0 aromatic carbocycles. The third-order valence-corrected chi connectivity index (χ3v) is 4.09. The van der Waals surface area contributed by atoms with E-state index in [2.05, 4.69) is 4.18 Å². The molecular formula is C8H13F3O3S. The van der Waals surface area contributed by atoms with Crippen molar-refractivity contribution >= 4 is 10.1 Å². The van der Waals surface area contributed by atoms with Gasteiger partial charge in [0.15, 0.2) is 0 Å². The summed E-state index contributed by atoms with van der Waals surface area (Å²) >= 11 is 0. The van der Waals surface area contributed by atoms with E-state index in [1.165, 1.54) is 0 Å². The number of alkyl halides is 3. The average molecular weight is 246 g/mol. The Morgan fingerprint density at radius 2 is 1.93 bits per heavy atom. The van der Waals surface area contributed by atoms with Crippen LogP contribution in [0.2, 0.25) is 0 Å². The molecule has 1 fully saturated rings. The van der Waals surface area contributed by atoms with E-state index in [0.29, 0.717) is 6.42 Å². The van der Waals surface area contributed by atoms with Gasteiger partial charge in [-0.2, -0.15) is 21.6 Å². The Balaban J connectivity index is 2.51. The maximum Gasteiger partial charge on any atom is 0.391 e. The quantitative estimate of drug-likeness (QED) is 0.715. The van der Waals surface area contributed by atoms with Gasteiger partial charge >= 0.3 is 6.18 Å². The van der Waals surface area contributed by atoms with Crippen LogP contribution < -0.4 is 0 Å². The lowest BCUT2D eigenvalue weighted by Crippen LogP contribution is -2.21. The molecule has 15 heavy (non-hydrogen) atoms. The highest BCUT2D eigenvalue weighted by atomic mass is 32.2. The third-order valence-electron chi connectivity index (χ3n) is 2.70. The first-order chi connectivity index (χ1) is 6.74. The second kappa shape index (κ2) is 4.29. The molecule has 1 aliphatic carbocycles. The minimum Gasteiger partial charge on any atom is -0.273 e. The largest absolute Gasteiger partial charge is 0.391 e. The number of halogens is 3. The van der Waals surface area contributed by atoms with E-state index in [9.17, 15) is 21.6 Å². The second-order valence-electron chi connectivity index (χ2n) is 3.81. The predicted octanol–water partition coefficient (Wildman–Crippen LogP) is 1.94. The van der Waals surface area contributed by atoms with Gasteiger partial charge in [0.2, 0.25) is 0 Å². The molecule has 0 N–H and O–H groups in total. The van der Waals surface area contributed by atoms with Crippen LogP contribution in [-0.2, 0) is 14.3 Å². The first-order valence-electron chi connectivity index (χ1n) is 4.59. The summed E-state index contributed by atoms with van der Waals surface area (Å²) in [6.45, 7) is 0. The van der Waals surface area contributed by atoms with Gasteiger partial charge in [-0.05, 0) is 25.2 Å². The molecule has 0 amide bonds. The van der Waals surface area contributed by atoms with Crippen LogP contribution in [0.5, 0.6) is 0 Å². The van der Waals surface area contributed by atoms with Gasteiger partial charge in [-0.25, -0.2) is 0 Å². The maximum atomic E-state index is 12.3. The Kier molecular flexibility index (Phi) is 3.65. The summed E-state index contributed by atoms with van der Waals surface area (Å²) in [4.78, 5) is 0. The molecule has 0 aliphatic heterocycles. The van der Waals surface area contributed by atoms with Crippen LogP contribution in [-0.4, -0.2) is 27.5 Å². The van der Waals surface area contributed by atoms with Gasteiger partial charge in [0.05, 0.1) is 18.8 Å². The van der Waals surface area contributed by atoms with Gasteiger partial charge < -0.3 is 0 Å². The Hall–Kier alpha value is -0.300. The van der Waals surface area contributed by atoms with Crippen LogP contribution >= 0.6 is 0 Å². The lowest BCUT2D eigenvalue weighted by atomic mass is 10.1. The van der Waals surface area contributed by atoms with Gasteiger partial charge in [-0.15, -0.1) is 0 Å². The summed E-state index contributed by atoms with van der Waals surface area (Å²) in [7, 11) is -2.62. The minimum absolute atomic E-state index is 0.0212. The Morgan fingerprint density at radius 1 is 1.33 bits per heavy atom. The number of hydrogen-bond donors (Lipinski definition) is 0. The van der Waals surface area contributed by atoms with Gasteiger partial charge in [0, 0.05) is 0 Å². The summed E-state index contributed by atoms with van der Waals surface area (Å²) < 4.78 is 63.0. The van der Waals surface area contributed by atoms with Crippen LogP contribution in [0.4, 0.5) is 13.2 Å². The molecule has 1 rings (SSSR count). The van der Waals surface area contributed by atoms with Gasteiger partial charge in [0.25, 0.3) is 10.1 Å². The second-order valence-corrected chi connectivity index (χ2v) is 5.59. The molecule has 0 bridgehead atoms. The summed E-state index contributed by atoms with van der Waals surface area (Å²) in [5.41, 5.74) is 0. The molecule has 0 aromatic heterocycles. The summed E-state index contributed by atoms with van der Waals surface area (Å²) in [5, 5.41) is 0. The highest BCUT2D eigenvalue weighted by Gasteiger charge is 2.44. The Bertz CT molecular complexity index is 310. The van der Waals surface area contributed by atoms with Gasteiger partial charge in [-0.3, -0.25) is 4.18 Å². The Morgan fingerprint density at radius 3 is 2.33 bits per heavy atom. The molecule has 1 saturated carbocycles. The fraction of sp³-hybridized carbons (Fsp3) is 1.00. The summed E-state index contributed by atoms with van der Waals surface area (Å²) in [6, 6.07) is 0. The molecule has 0 radical (unpaired) electrons. The molecule has 7 heteroatoms. The topological polar surface area (TPSA) is 43.4 Å². The monoisotopic (exact) mass is 246 g/mol. The van der Waals surface area contributed by atoms with Crippen molar-refractivity contribution in [2.45, 2.75) is 25.4 Å². The van der Waals surface area contributed by atoms with Crippen LogP contribution in [0.25, 0.3) is 0 Å². The van der Waals surface area contributed by atoms with Crippen molar-refractivity contribution in [3.63, 3.8) is 0 Å². The third kappa shape index (κ3) is 3.64. The zero-order chi connectivity index (χ0) is 11.7. The molecular weight excluding hydrogens is 233 g/mol. The predicted molar refractivity (Wildman–Crippen MR) is 47.7 cm³/mol. The van der Waals surface area contributed by atoms with Crippen molar-refractivity contribution in [1.82, 2.24) is 0 Å². The minimum atomic E-state index is -4.20. The van der Waals surface area contributed by atoms with E-state index in [1.54, 1.807) is 0 Å². The van der Waals surface area contributed by atoms with Gasteiger partial charge in [-0.1, -0.05) is 0 Å². The fourth-order valence-electron chi connectivity index (χ4n) is 1.88. The van der Waals surface area contributed by atoms with Crippen LogP contribution in [0.15, 0.2) is 0 Å². The zero-order valence-corrected chi connectivity index (χ0v) is 9.07.